The van der Waals surface area contributed by atoms with Gasteiger partial charge in [0.25, 0.3) is 0 Å². The predicted molar refractivity (Wildman–Crippen MR) is 98.2 cm³/mol. The van der Waals surface area contributed by atoms with Crippen molar-refractivity contribution in [2.45, 2.75) is 78.1 Å². The first kappa shape index (κ1) is 20.2. The molecule has 0 atom stereocenters. The van der Waals surface area contributed by atoms with Gasteiger partial charge in [-0.25, -0.2) is 0 Å². The number of carbonyl (C=O) groups is 2. The number of rotatable bonds is 12. The van der Waals surface area contributed by atoms with Gasteiger partial charge in [0, 0.05) is 19.0 Å². The Kier molecular flexibility index (Phi) is 10.6. The van der Waals surface area contributed by atoms with E-state index >= 15 is 0 Å². The lowest BCUT2D eigenvalue weighted by Crippen LogP contribution is -2.08. The number of carbonyl (C=O) groups excluding carboxylic acids is 2. The lowest BCUT2D eigenvalue weighted by molar-refractivity contribution is -0.134. The van der Waals surface area contributed by atoms with Gasteiger partial charge in [-0.15, -0.1) is 0 Å². The number of esters is 1. The molecule has 0 aliphatic carbocycles. The molecule has 1 amide bonds. The average Bonchev–Trinajstić information content (AvgIpc) is 2.55. The Labute approximate surface area is 146 Å². The molecule has 1 aromatic carbocycles. The molecule has 0 saturated heterocycles. The normalized spacial score (nSPS) is 10.4. The van der Waals surface area contributed by atoms with Crippen LogP contribution < -0.4 is 10.1 Å². The van der Waals surface area contributed by atoms with Gasteiger partial charge in [-0.05, 0) is 30.7 Å². The summed E-state index contributed by atoms with van der Waals surface area (Å²) in [6.07, 6.45) is 11.5. The van der Waals surface area contributed by atoms with Crippen molar-refractivity contribution in [3.63, 3.8) is 0 Å². The molecule has 134 valence electrons. The lowest BCUT2D eigenvalue weighted by atomic mass is 10.1. The molecule has 24 heavy (non-hydrogen) atoms. The number of hydrogen-bond acceptors (Lipinski definition) is 3. The van der Waals surface area contributed by atoms with Gasteiger partial charge < -0.3 is 10.1 Å². The fourth-order valence-corrected chi connectivity index (χ4v) is 2.57. The molecule has 1 N–H and O–H groups in total. The molecule has 0 unspecified atom stereocenters. The van der Waals surface area contributed by atoms with Crippen LogP contribution in [0.1, 0.15) is 78.1 Å². The minimum Gasteiger partial charge on any atom is -0.427 e. The highest BCUT2D eigenvalue weighted by Crippen LogP contribution is 2.17. The summed E-state index contributed by atoms with van der Waals surface area (Å²) >= 11 is 0. The number of anilines is 1. The van der Waals surface area contributed by atoms with Crippen molar-refractivity contribution in [3.8, 4) is 5.75 Å². The predicted octanol–water partition coefficient (Wildman–Crippen LogP) is 5.47. The second-order valence-corrected chi connectivity index (χ2v) is 6.26. The molecular formula is C20H31NO3. The highest BCUT2D eigenvalue weighted by atomic mass is 16.5. The van der Waals surface area contributed by atoms with E-state index < -0.39 is 0 Å². The van der Waals surface area contributed by atoms with Gasteiger partial charge in [0.2, 0.25) is 5.91 Å². The third-order valence-corrected chi connectivity index (χ3v) is 3.89. The average molecular weight is 333 g/mol. The van der Waals surface area contributed by atoms with Gasteiger partial charge in [0.15, 0.2) is 0 Å². The Balaban J connectivity index is 2.08. The van der Waals surface area contributed by atoms with E-state index in [1.165, 1.54) is 51.9 Å². The Hall–Kier alpha value is -1.84. The molecule has 0 aliphatic rings. The van der Waals surface area contributed by atoms with Gasteiger partial charge in [0.1, 0.15) is 5.75 Å². The third-order valence-electron chi connectivity index (χ3n) is 3.89. The summed E-state index contributed by atoms with van der Waals surface area (Å²) in [5.41, 5.74) is 0.696. The van der Waals surface area contributed by atoms with Crippen LogP contribution >= 0.6 is 0 Å². The van der Waals surface area contributed by atoms with E-state index in [0.717, 1.165) is 12.8 Å². The standard InChI is InChI=1S/C20H31NO3/c1-3-4-5-6-7-8-9-10-11-12-20(23)24-19-15-13-18(14-16-19)21-17(2)22/h13-16H,3-12H2,1-2H3,(H,21,22). The molecule has 4 nitrogen and oxygen atoms in total. The van der Waals surface area contributed by atoms with Crippen LogP contribution in [0.5, 0.6) is 5.75 Å². The van der Waals surface area contributed by atoms with E-state index in [-0.39, 0.29) is 11.9 Å². The number of amides is 1. The van der Waals surface area contributed by atoms with Crippen molar-refractivity contribution in [1.29, 1.82) is 0 Å². The van der Waals surface area contributed by atoms with Crippen molar-refractivity contribution in [3.05, 3.63) is 24.3 Å². The number of nitrogens with one attached hydrogen (secondary N) is 1. The van der Waals surface area contributed by atoms with Crippen LogP contribution in [-0.2, 0) is 9.59 Å². The van der Waals surface area contributed by atoms with Gasteiger partial charge in [0.05, 0.1) is 0 Å². The Morgan fingerprint density at radius 3 is 1.96 bits per heavy atom. The van der Waals surface area contributed by atoms with Crippen molar-refractivity contribution >= 4 is 17.6 Å². The summed E-state index contributed by atoms with van der Waals surface area (Å²) in [6.45, 7) is 3.69. The first-order valence-electron chi connectivity index (χ1n) is 9.20. The zero-order valence-electron chi connectivity index (χ0n) is 15.1. The van der Waals surface area contributed by atoms with Crippen LogP contribution in [0.3, 0.4) is 0 Å². The molecule has 0 bridgehead atoms. The van der Waals surface area contributed by atoms with E-state index in [1.54, 1.807) is 24.3 Å². The van der Waals surface area contributed by atoms with Crippen LogP contribution in [0.2, 0.25) is 0 Å². The van der Waals surface area contributed by atoms with E-state index in [4.69, 9.17) is 4.74 Å². The number of unbranched alkanes of at least 4 members (excludes halogenated alkanes) is 8. The van der Waals surface area contributed by atoms with Crippen LogP contribution in [0.25, 0.3) is 0 Å². The summed E-state index contributed by atoms with van der Waals surface area (Å²) in [5, 5.41) is 2.68. The molecule has 0 radical (unpaired) electrons. The summed E-state index contributed by atoms with van der Waals surface area (Å²) < 4.78 is 5.29. The maximum absolute atomic E-state index is 11.8. The third kappa shape index (κ3) is 10.0. The lowest BCUT2D eigenvalue weighted by Gasteiger charge is -2.06. The molecule has 1 aromatic rings. The first-order valence-corrected chi connectivity index (χ1v) is 9.20. The van der Waals surface area contributed by atoms with E-state index in [1.807, 2.05) is 0 Å². The van der Waals surface area contributed by atoms with Gasteiger partial charge >= 0.3 is 5.97 Å². The maximum atomic E-state index is 11.8. The second-order valence-electron chi connectivity index (χ2n) is 6.26. The molecular weight excluding hydrogens is 302 g/mol. The van der Waals surface area contributed by atoms with Crippen molar-refractivity contribution < 1.29 is 14.3 Å². The van der Waals surface area contributed by atoms with Gasteiger partial charge in [-0.3, -0.25) is 9.59 Å². The van der Waals surface area contributed by atoms with Crippen molar-refractivity contribution in [2.24, 2.45) is 0 Å². The fourth-order valence-electron chi connectivity index (χ4n) is 2.57. The Morgan fingerprint density at radius 2 is 1.42 bits per heavy atom. The summed E-state index contributed by atoms with van der Waals surface area (Å²) in [5.74, 6) is 0.209. The van der Waals surface area contributed by atoms with E-state index in [2.05, 4.69) is 12.2 Å². The molecule has 4 heteroatoms. The molecule has 0 heterocycles. The fraction of sp³-hybridized carbons (Fsp3) is 0.600. The van der Waals surface area contributed by atoms with Gasteiger partial charge in [-0.1, -0.05) is 58.3 Å². The maximum Gasteiger partial charge on any atom is 0.311 e. The SMILES string of the molecule is CCCCCCCCCCCC(=O)Oc1ccc(NC(C)=O)cc1. The first-order chi connectivity index (χ1) is 11.6. The molecule has 1 rings (SSSR count). The molecule has 0 fully saturated rings. The zero-order valence-corrected chi connectivity index (χ0v) is 15.1. The second kappa shape index (κ2) is 12.6. The highest BCUT2D eigenvalue weighted by Gasteiger charge is 2.05. The van der Waals surface area contributed by atoms with Crippen molar-refractivity contribution in [2.75, 3.05) is 5.32 Å². The summed E-state index contributed by atoms with van der Waals surface area (Å²) in [6, 6.07) is 6.84. The minimum atomic E-state index is -0.190. The highest BCUT2D eigenvalue weighted by molar-refractivity contribution is 5.88. The number of ether oxygens (including phenoxy) is 1. The Morgan fingerprint density at radius 1 is 0.875 bits per heavy atom. The van der Waals surface area contributed by atoms with Crippen LogP contribution in [0, 0.1) is 0 Å². The molecule has 0 aromatic heterocycles. The van der Waals surface area contributed by atoms with Crippen LogP contribution in [0.15, 0.2) is 24.3 Å². The summed E-state index contributed by atoms with van der Waals surface area (Å²) in [4.78, 5) is 22.7. The van der Waals surface area contributed by atoms with Crippen LogP contribution in [-0.4, -0.2) is 11.9 Å². The van der Waals surface area contributed by atoms with E-state index in [9.17, 15) is 9.59 Å². The van der Waals surface area contributed by atoms with Crippen molar-refractivity contribution in [1.82, 2.24) is 0 Å². The largest absolute Gasteiger partial charge is 0.427 e. The minimum absolute atomic E-state index is 0.120. The topological polar surface area (TPSA) is 55.4 Å². The molecule has 0 aliphatic heterocycles. The monoisotopic (exact) mass is 333 g/mol. The zero-order chi connectivity index (χ0) is 17.6. The van der Waals surface area contributed by atoms with Crippen LogP contribution in [0.4, 0.5) is 5.69 Å². The smallest absolute Gasteiger partial charge is 0.311 e. The summed E-state index contributed by atoms with van der Waals surface area (Å²) in [7, 11) is 0. The Bertz CT molecular complexity index is 482. The molecule has 0 spiro atoms. The number of hydrogen-bond donors (Lipinski definition) is 1. The quantitative estimate of drug-likeness (QED) is 0.313. The van der Waals surface area contributed by atoms with Gasteiger partial charge in [-0.2, -0.15) is 0 Å². The molecule has 0 saturated carbocycles. The number of benzene rings is 1. The van der Waals surface area contributed by atoms with E-state index in [0.29, 0.717) is 17.9 Å².